The second-order valence-electron chi connectivity index (χ2n) is 4.08. The molecule has 4 heteroatoms. The smallest absolute Gasteiger partial charge is 0.144 e. The maximum Gasteiger partial charge on any atom is 0.144 e. The van der Waals surface area contributed by atoms with Crippen LogP contribution in [0.15, 0.2) is 24.7 Å². The van der Waals surface area contributed by atoms with Crippen LogP contribution in [-0.4, -0.2) is 15.0 Å². The van der Waals surface area contributed by atoms with Crippen molar-refractivity contribution in [1.29, 1.82) is 0 Å². The minimum absolute atomic E-state index is 0.238. The number of aryl methyl sites for hydroxylation is 4. The fourth-order valence-electron chi connectivity index (χ4n) is 1.56. The van der Waals surface area contributed by atoms with Crippen molar-refractivity contribution in [3.63, 3.8) is 0 Å². The fraction of sp³-hybridized carbons (Fsp3) is 0.308. The summed E-state index contributed by atoms with van der Waals surface area (Å²) in [6.07, 6.45) is 6.50. The molecule has 0 aliphatic carbocycles. The Hall–Kier alpha value is -1.84. The van der Waals surface area contributed by atoms with Crippen molar-refractivity contribution in [2.24, 2.45) is 0 Å². The Labute approximate surface area is 99.8 Å². The van der Waals surface area contributed by atoms with Gasteiger partial charge in [-0.25, -0.2) is 14.4 Å². The topological polar surface area (TPSA) is 38.7 Å². The molecule has 2 aromatic heterocycles. The van der Waals surface area contributed by atoms with E-state index in [-0.39, 0.29) is 5.82 Å². The van der Waals surface area contributed by atoms with Gasteiger partial charge in [0.2, 0.25) is 0 Å². The summed E-state index contributed by atoms with van der Waals surface area (Å²) in [7, 11) is 0. The highest BCUT2D eigenvalue weighted by Gasteiger charge is 2.04. The molecule has 0 saturated carbocycles. The van der Waals surface area contributed by atoms with Crippen LogP contribution in [0.5, 0.6) is 0 Å². The Kier molecular flexibility index (Phi) is 3.42. The molecule has 0 saturated heterocycles. The molecule has 0 atom stereocenters. The van der Waals surface area contributed by atoms with Crippen LogP contribution < -0.4 is 0 Å². The minimum atomic E-state index is -0.238. The van der Waals surface area contributed by atoms with Crippen LogP contribution in [-0.2, 0) is 12.8 Å². The SMILES string of the molecule is Cc1cnc(CCc2cnc(C)nc2)c(F)c1. The Morgan fingerprint density at radius 3 is 2.35 bits per heavy atom. The first-order valence-electron chi connectivity index (χ1n) is 5.53. The monoisotopic (exact) mass is 231 g/mol. The normalized spacial score (nSPS) is 10.5. The molecule has 0 N–H and O–H groups in total. The van der Waals surface area contributed by atoms with Crippen LogP contribution in [0.3, 0.4) is 0 Å². The molecule has 0 bridgehead atoms. The molecule has 0 aliphatic rings. The van der Waals surface area contributed by atoms with Crippen LogP contribution in [0, 0.1) is 19.7 Å². The molecule has 0 aliphatic heterocycles. The van der Waals surface area contributed by atoms with E-state index in [0.717, 1.165) is 17.0 Å². The van der Waals surface area contributed by atoms with Gasteiger partial charge in [0.15, 0.2) is 0 Å². The van der Waals surface area contributed by atoms with E-state index in [1.807, 2.05) is 13.8 Å². The number of halogens is 1. The average Bonchev–Trinajstić information content (AvgIpc) is 2.30. The Morgan fingerprint density at radius 2 is 1.71 bits per heavy atom. The molecule has 88 valence electrons. The molecular weight excluding hydrogens is 217 g/mol. The number of pyridine rings is 1. The predicted octanol–water partition coefficient (Wildman–Crippen LogP) is 2.41. The first kappa shape index (κ1) is 11.6. The molecule has 0 amide bonds. The Balaban J connectivity index is 2.04. The first-order chi connectivity index (χ1) is 8.15. The highest BCUT2D eigenvalue weighted by molar-refractivity contribution is 5.16. The highest BCUT2D eigenvalue weighted by atomic mass is 19.1. The van der Waals surface area contributed by atoms with Gasteiger partial charge in [-0.05, 0) is 43.9 Å². The third-order valence-corrected chi connectivity index (χ3v) is 2.54. The van der Waals surface area contributed by atoms with Crippen molar-refractivity contribution in [2.75, 3.05) is 0 Å². The second kappa shape index (κ2) is 4.99. The summed E-state index contributed by atoms with van der Waals surface area (Å²) in [6.45, 7) is 3.67. The van der Waals surface area contributed by atoms with E-state index in [1.54, 1.807) is 18.6 Å². The number of hydrogen-bond donors (Lipinski definition) is 0. The van der Waals surface area contributed by atoms with Crippen LogP contribution in [0.4, 0.5) is 4.39 Å². The van der Waals surface area contributed by atoms with Gasteiger partial charge >= 0.3 is 0 Å². The lowest BCUT2D eigenvalue weighted by Gasteiger charge is -2.03. The van der Waals surface area contributed by atoms with Crippen molar-refractivity contribution in [2.45, 2.75) is 26.7 Å². The lowest BCUT2D eigenvalue weighted by molar-refractivity contribution is 0.595. The van der Waals surface area contributed by atoms with Gasteiger partial charge in [-0.1, -0.05) is 0 Å². The van der Waals surface area contributed by atoms with E-state index < -0.39 is 0 Å². The largest absolute Gasteiger partial charge is 0.258 e. The minimum Gasteiger partial charge on any atom is -0.258 e. The average molecular weight is 231 g/mol. The molecule has 0 aromatic carbocycles. The fourth-order valence-corrected chi connectivity index (χ4v) is 1.56. The van der Waals surface area contributed by atoms with Gasteiger partial charge < -0.3 is 0 Å². The maximum absolute atomic E-state index is 13.5. The van der Waals surface area contributed by atoms with E-state index in [1.165, 1.54) is 6.07 Å². The number of hydrogen-bond acceptors (Lipinski definition) is 3. The molecule has 2 rings (SSSR count). The summed E-state index contributed by atoms with van der Waals surface area (Å²) in [5, 5.41) is 0. The molecule has 0 unspecified atom stereocenters. The molecule has 3 nitrogen and oxygen atoms in total. The highest BCUT2D eigenvalue weighted by Crippen LogP contribution is 2.09. The third kappa shape index (κ3) is 3.06. The summed E-state index contributed by atoms with van der Waals surface area (Å²) in [6, 6.07) is 1.51. The van der Waals surface area contributed by atoms with Gasteiger partial charge in [-0.2, -0.15) is 0 Å². The molecule has 0 fully saturated rings. The first-order valence-corrected chi connectivity index (χ1v) is 5.53. The van der Waals surface area contributed by atoms with E-state index >= 15 is 0 Å². The zero-order valence-corrected chi connectivity index (χ0v) is 9.94. The predicted molar refractivity (Wildman–Crippen MR) is 63.1 cm³/mol. The molecule has 0 radical (unpaired) electrons. The van der Waals surface area contributed by atoms with Crippen LogP contribution >= 0.6 is 0 Å². The summed E-state index contributed by atoms with van der Waals surface area (Å²) >= 11 is 0. The van der Waals surface area contributed by atoms with Crippen molar-refractivity contribution in [1.82, 2.24) is 15.0 Å². The molecule has 0 spiro atoms. The Morgan fingerprint density at radius 1 is 1.00 bits per heavy atom. The summed E-state index contributed by atoms with van der Waals surface area (Å²) in [4.78, 5) is 12.3. The van der Waals surface area contributed by atoms with Crippen molar-refractivity contribution in [3.8, 4) is 0 Å². The van der Waals surface area contributed by atoms with E-state index in [9.17, 15) is 4.39 Å². The zero-order valence-electron chi connectivity index (χ0n) is 9.94. The quantitative estimate of drug-likeness (QED) is 0.814. The van der Waals surface area contributed by atoms with Crippen molar-refractivity contribution in [3.05, 3.63) is 53.1 Å². The summed E-state index contributed by atoms with van der Waals surface area (Å²) in [5.41, 5.74) is 2.33. The van der Waals surface area contributed by atoms with Crippen LogP contribution in [0.2, 0.25) is 0 Å². The van der Waals surface area contributed by atoms with Crippen molar-refractivity contribution < 1.29 is 4.39 Å². The van der Waals surface area contributed by atoms with Gasteiger partial charge in [0.1, 0.15) is 11.6 Å². The summed E-state index contributed by atoms with van der Waals surface area (Å²) in [5.74, 6) is 0.506. The number of nitrogens with zero attached hydrogens (tertiary/aromatic N) is 3. The van der Waals surface area contributed by atoms with E-state index in [2.05, 4.69) is 15.0 Å². The second-order valence-corrected chi connectivity index (χ2v) is 4.08. The number of aromatic nitrogens is 3. The molecular formula is C13H14FN3. The maximum atomic E-state index is 13.5. The molecule has 17 heavy (non-hydrogen) atoms. The summed E-state index contributed by atoms with van der Waals surface area (Å²) < 4.78 is 13.5. The lowest BCUT2D eigenvalue weighted by atomic mass is 10.1. The van der Waals surface area contributed by atoms with E-state index in [0.29, 0.717) is 18.5 Å². The van der Waals surface area contributed by atoms with E-state index in [4.69, 9.17) is 0 Å². The zero-order chi connectivity index (χ0) is 12.3. The van der Waals surface area contributed by atoms with Gasteiger partial charge in [0.25, 0.3) is 0 Å². The van der Waals surface area contributed by atoms with Gasteiger partial charge in [-0.3, -0.25) is 4.98 Å². The number of rotatable bonds is 3. The third-order valence-electron chi connectivity index (χ3n) is 2.54. The van der Waals surface area contributed by atoms with Crippen LogP contribution in [0.25, 0.3) is 0 Å². The van der Waals surface area contributed by atoms with Gasteiger partial charge in [0, 0.05) is 18.6 Å². The van der Waals surface area contributed by atoms with Crippen LogP contribution in [0.1, 0.15) is 22.6 Å². The Bertz CT molecular complexity index is 509. The van der Waals surface area contributed by atoms with Gasteiger partial charge in [-0.15, -0.1) is 0 Å². The molecule has 2 heterocycles. The molecule has 2 aromatic rings. The van der Waals surface area contributed by atoms with Gasteiger partial charge in [0.05, 0.1) is 5.69 Å². The lowest BCUT2D eigenvalue weighted by Crippen LogP contribution is -2.00. The van der Waals surface area contributed by atoms with Crippen molar-refractivity contribution >= 4 is 0 Å². The standard InChI is InChI=1S/C13H14FN3/c1-9-5-12(14)13(17-6-9)4-3-11-7-15-10(2)16-8-11/h5-8H,3-4H2,1-2H3.